The van der Waals surface area contributed by atoms with Crippen LogP contribution in [0, 0.1) is 0 Å². The third-order valence-electron chi connectivity index (χ3n) is 9.87. The van der Waals surface area contributed by atoms with Crippen molar-refractivity contribution in [2.45, 2.75) is 206 Å². The predicted molar refractivity (Wildman–Crippen MR) is 214 cm³/mol. The first kappa shape index (κ1) is 46.9. The number of carbonyl (C=O) groups excluding carboxylic acids is 3. The fourth-order valence-electron chi connectivity index (χ4n) is 6.68. The number of hydrogen-bond donors (Lipinski definition) is 0. The summed E-state index contributed by atoms with van der Waals surface area (Å²) in [5.41, 5.74) is 0. The van der Waals surface area contributed by atoms with Crippen LogP contribution in [-0.4, -0.2) is 73.6 Å². The van der Waals surface area contributed by atoms with Crippen LogP contribution in [0.25, 0.3) is 0 Å². The Bertz CT molecular complexity index is 855. The van der Waals surface area contributed by atoms with Gasteiger partial charge in [-0.15, -0.1) is 0 Å². The molecule has 296 valence electrons. The second-order valence-electron chi connectivity index (χ2n) is 15.3. The minimum absolute atomic E-state index is 0.0471. The molecule has 1 amide bonds. The summed E-state index contributed by atoms with van der Waals surface area (Å²) in [6.45, 7) is 5.34. The quantitative estimate of drug-likeness (QED) is 0.0375. The van der Waals surface area contributed by atoms with E-state index < -0.39 is 12.2 Å². The Kier molecular flexibility index (Phi) is 30.9. The van der Waals surface area contributed by atoms with Crippen molar-refractivity contribution in [3.8, 4) is 0 Å². The Hall–Kier alpha value is -2.15. The molecule has 0 aromatic rings. The van der Waals surface area contributed by atoms with Gasteiger partial charge in [-0.1, -0.05) is 141 Å². The maximum atomic E-state index is 12.8. The molecule has 0 radical (unpaired) electrons. The molecule has 1 aliphatic rings. The van der Waals surface area contributed by atoms with E-state index in [2.05, 4.69) is 38.2 Å². The lowest BCUT2D eigenvalue weighted by molar-refractivity contribution is -0.164. The first-order valence-electron chi connectivity index (χ1n) is 21.5. The number of ether oxygens (including phenoxy) is 2. The fourth-order valence-corrected chi connectivity index (χ4v) is 6.68. The van der Waals surface area contributed by atoms with Crippen LogP contribution >= 0.6 is 0 Å². The number of carbonyl (C=O) groups is 3. The average molecular weight is 717 g/mol. The molecule has 1 saturated heterocycles. The van der Waals surface area contributed by atoms with Crippen molar-refractivity contribution in [2.75, 3.05) is 33.7 Å². The minimum Gasteiger partial charge on any atom is -0.456 e. The van der Waals surface area contributed by atoms with Gasteiger partial charge in [-0.25, -0.2) is 0 Å². The van der Waals surface area contributed by atoms with E-state index in [-0.39, 0.29) is 37.5 Å². The molecule has 0 bridgehead atoms. The number of rotatable bonds is 34. The number of hydrogen-bond acceptors (Lipinski definition) is 6. The van der Waals surface area contributed by atoms with Gasteiger partial charge in [0.2, 0.25) is 5.91 Å². The number of likely N-dealkylation sites (N-methyl/N-ethyl adjacent to an activating group) is 1. The molecule has 1 unspecified atom stereocenters. The van der Waals surface area contributed by atoms with E-state index in [1.165, 1.54) is 116 Å². The summed E-state index contributed by atoms with van der Waals surface area (Å²) in [7, 11) is 3.70. The number of likely N-dealkylation sites (tertiary alicyclic amines) is 1. The Morgan fingerprint density at radius 3 is 1.16 bits per heavy atom. The molecule has 0 aliphatic carbocycles. The lowest BCUT2D eigenvalue weighted by Crippen LogP contribution is -2.37. The summed E-state index contributed by atoms with van der Waals surface area (Å²) in [5.74, 6) is -0.579. The van der Waals surface area contributed by atoms with E-state index in [9.17, 15) is 14.4 Å². The standard InChI is InChI=1S/C44H80N2O5/c1-5-7-9-11-13-15-17-19-21-23-25-27-29-31-33-35-43(48)50-40-37-46(42(47)39-45(3)4)38-41(40)51-44(49)36-34-32-30-28-26-24-22-20-18-16-14-12-10-8-6-2/h19-22,40-41H,5-18,23-39H2,1-4H3/t40-,41?/m1/s1. The molecule has 0 N–H and O–H groups in total. The van der Waals surface area contributed by atoms with Gasteiger partial charge < -0.3 is 19.3 Å². The summed E-state index contributed by atoms with van der Waals surface area (Å²) < 4.78 is 11.6. The van der Waals surface area contributed by atoms with Crippen molar-refractivity contribution in [2.24, 2.45) is 0 Å². The number of unbranched alkanes of at least 4 members (excludes halogenated alkanes) is 22. The molecule has 1 aliphatic heterocycles. The molecule has 2 atom stereocenters. The van der Waals surface area contributed by atoms with Gasteiger partial charge in [-0.2, -0.15) is 0 Å². The highest BCUT2D eigenvalue weighted by Crippen LogP contribution is 2.21. The van der Waals surface area contributed by atoms with Crippen molar-refractivity contribution in [3.63, 3.8) is 0 Å². The summed E-state index contributed by atoms with van der Waals surface area (Å²) >= 11 is 0. The number of amides is 1. The van der Waals surface area contributed by atoms with Crippen LogP contribution in [-0.2, 0) is 23.9 Å². The predicted octanol–water partition coefficient (Wildman–Crippen LogP) is 11.3. The number of nitrogens with zero attached hydrogens (tertiary/aromatic N) is 2. The van der Waals surface area contributed by atoms with Crippen molar-refractivity contribution in [1.29, 1.82) is 0 Å². The molecular weight excluding hydrogens is 636 g/mol. The van der Waals surface area contributed by atoms with Gasteiger partial charge in [0, 0.05) is 12.8 Å². The molecule has 1 rings (SSSR count). The van der Waals surface area contributed by atoms with E-state index >= 15 is 0 Å². The maximum absolute atomic E-state index is 12.8. The van der Waals surface area contributed by atoms with Crippen molar-refractivity contribution >= 4 is 17.8 Å². The topological polar surface area (TPSA) is 76.2 Å². The van der Waals surface area contributed by atoms with E-state index in [1.807, 2.05) is 19.0 Å². The summed E-state index contributed by atoms with van der Waals surface area (Å²) in [4.78, 5) is 41.8. The molecule has 0 aromatic heterocycles. The van der Waals surface area contributed by atoms with E-state index in [4.69, 9.17) is 9.47 Å². The van der Waals surface area contributed by atoms with Crippen LogP contribution in [0.5, 0.6) is 0 Å². The molecule has 0 saturated carbocycles. The first-order chi connectivity index (χ1) is 24.9. The van der Waals surface area contributed by atoms with Gasteiger partial charge in [0.15, 0.2) is 12.2 Å². The fraction of sp³-hybridized carbons (Fsp3) is 0.841. The van der Waals surface area contributed by atoms with Gasteiger partial charge in [0.25, 0.3) is 0 Å². The Balaban J connectivity index is 2.24. The van der Waals surface area contributed by atoms with E-state index in [0.717, 1.165) is 51.4 Å². The van der Waals surface area contributed by atoms with Crippen molar-refractivity contribution in [1.82, 2.24) is 9.80 Å². The molecule has 1 heterocycles. The highest BCUT2D eigenvalue weighted by molar-refractivity contribution is 5.79. The molecule has 51 heavy (non-hydrogen) atoms. The normalized spacial score (nSPS) is 16.2. The maximum Gasteiger partial charge on any atom is 0.306 e. The van der Waals surface area contributed by atoms with E-state index in [0.29, 0.717) is 12.8 Å². The smallest absolute Gasteiger partial charge is 0.306 e. The van der Waals surface area contributed by atoms with Gasteiger partial charge in [0.05, 0.1) is 19.6 Å². The largest absolute Gasteiger partial charge is 0.456 e. The summed E-state index contributed by atoms with van der Waals surface area (Å²) in [6.07, 6.45) is 40.3. The Morgan fingerprint density at radius 2 is 0.824 bits per heavy atom. The van der Waals surface area contributed by atoms with Crippen LogP contribution < -0.4 is 0 Å². The zero-order chi connectivity index (χ0) is 37.2. The Morgan fingerprint density at radius 1 is 0.510 bits per heavy atom. The van der Waals surface area contributed by atoms with Gasteiger partial charge >= 0.3 is 11.9 Å². The average Bonchev–Trinajstić information content (AvgIpc) is 3.49. The molecule has 1 fully saturated rings. The minimum atomic E-state index is -0.607. The zero-order valence-corrected chi connectivity index (χ0v) is 33.8. The van der Waals surface area contributed by atoms with Gasteiger partial charge in [0.1, 0.15) is 0 Å². The Labute approximate surface area is 314 Å². The van der Waals surface area contributed by atoms with Crippen LogP contribution in [0.1, 0.15) is 194 Å². The lowest BCUT2D eigenvalue weighted by atomic mass is 10.1. The highest BCUT2D eigenvalue weighted by Gasteiger charge is 2.40. The molecule has 7 heteroatoms. The van der Waals surface area contributed by atoms with Crippen molar-refractivity contribution < 1.29 is 23.9 Å². The van der Waals surface area contributed by atoms with E-state index in [1.54, 1.807) is 4.90 Å². The number of allylic oxidation sites excluding steroid dienone is 4. The second-order valence-corrected chi connectivity index (χ2v) is 15.3. The lowest BCUT2D eigenvalue weighted by Gasteiger charge is -2.19. The second kappa shape index (κ2) is 33.7. The summed E-state index contributed by atoms with van der Waals surface area (Å²) in [6, 6.07) is 0. The van der Waals surface area contributed by atoms with Gasteiger partial charge in [-0.3, -0.25) is 14.4 Å². The highest BCUT2D eigenvalue weighted by atomic mass is 16.6. The monoisotopic (exact) mass is 717 g/mol. The summed E-state index contributed by atoms with van der Waals surface area (Å²) in [5, 5.41) is 0. The van der Waals surface area contributed by atoms with Crippen LogP contribution in [0.3, 0.4) is 0 Å². The number of esters is 2. The van der Waals surface area contributed by atoms with Crippen LogP contribution in [0.15, 0.2) is 24.3 Å². The molecule has 0 aromatic carbocycles. The van der Waals surface area contributed by atoms with Gasteiger partial charge in [-0.05, 0) is 78.3 Å². The third kappa shape index (κ3) is 28.1. The zero-order valence-electron chi connectivity index (χ0n) is 33.8. The molecule has 0 spiro atoms. The molecular formula is C44H80N2O5. The molecule has 7 nitrogen and oxygen atoms in total. The SMILES string of the molecule is CCCCCCCCC=CCCCCCCCC(=O)OC1CN(C(=O)CN(C)C)C[C@H]1OC(=O)CCCCCCCC=CCCCCCCCC. The van der Waals surface area contributed by atoms with Crippen molar-refractivity contribution in [3.05, 3.63) is 24.3 Å². The van der Waals surface area contributed by atoms with Crippen LogP contribution in [0.2, 0.25) is 0 Å². The first-order valence-corrected chi connectivity index (χ1v) is 21.5. The third-order valence-corrected chi connectivity index (χ3v) is 9.87. The van der Waals surface area contributed by atoms with Crippen LogP contribution in [0.4, 0.5) is 0 Å².